The maximum Gasteiger partial charge on any atom is 0.126 e. The average Bonchev–Trinajstić information content (AvgIpc) is 2.48. The summed E-state index contributed by atoms with van der Waals surface area (Å²) in [7, 11) is 0. The van der Waals surface area contributed by atoms with Crippen LogP contribution in [0.1, 0.15) is 24.8 Å². The molecule has 1 aliphatic heterocycles. The first-order valence-electron chi connectivity index (χ1n) is 7.43. The van der Waals surface area contributed by atoms with E-state index >= 15 is 0 Å². The fourth-order valence-corrected chi connectivity index (χ4v) is 3.01. The van der Waals surface area contributed by atoms with E-state index in [0.717, 1.165) is 44.3 Å². The molecule has 2 rings (SSSR count). The van der Waals surface area contributed by atoms with Crippen LogP contribution in [0, 0.1) is 11.7 Å². The van der Waals surface area contributed by atoms with Gasteiger partial charge in [-0.05, 0) is 49.8 Å². The number of nitrogens with zero attached hydrogens (tertiary/aromatic N) is 1. The molecular formula is C16H24FNO2. The van der Waals surface area contributed by atoms with Crippen LogP contribution in [-0.4, -0.2) is 47.5 Å². The molecule has 4 heteroatoms. The number of likely N-dealkylation sites (tertiary alicyclic amines) is 1. The highest BCUT2D eigenvalue weighted by molar-refractivity contribution is 5.17. The van der Waals surface area contributed by atoms with Crippen LogP contribution in [0.3, 0.4) is 0 Å². The number of halogens is 1. The van der Waals surface area contributed by atoms with E-state index in [9.17, 15) is 14.6 Å². The fraction of sp³-hybridized carbons (Fsp3) is 0.625. The highest BCUT2D eigenvalue weighted by Gasteiger charge is 2.25. The van der Waals surface area contributed by atoms with Gasteiger partial charge in [-0.25, -0.2) is 4.39 Å². The van der Waals surface area contributed by atoms with Crippen molar-refractivity contribution in [3.63, 3.8) is 0 Å². The molecule has 0 saturated carbocycles. The van der Waals surface area contributed by atoms with Gasteiger partial charge in [-0.3, -0.25) is 4.90 Å². The van der Waals surface area contributed by atoms with E-state index in [1.807, 2.05) is 12.1 Å². The van der Waals surface area contributed by atoms with Crippen LogP contribution in [0.15, 0.2) is 24.3 Å². The van der Waals surface area contributed by atoms with Gasteiger partial charge in [0.1, 0.15) is 5.82 Å². The van der Waals surface area contributed by atoms with Gasteiger partial charge in [-0.2, -0.15) is 0 Å². The van der Waals surface area contributed by atoms with E-state index in [1.165, 1.54) is 6.07 Å². The second-order valence-corrected chi connectivity index (χ2v) is 5.65. The third-order valence-corrected chi connectivity index (χ3v) is 4.27. The third kappa shape index (κ3) is 4.01. The third-order valence-electron chi connectivity index (χ3n) is 4.27. The highest BCUT2D eigenvalue weighted by Crippen LogP contribution is 2.23. The lowest BCUT2D eigenvalue weighted by molar-refractivity contribution is 0.0427. The Kier molecular flexibility index (Phi) is 5.95. The van der Waals surface area contributed by atoms with Crippen LogP contribution in [0.5, 0.6) is 0 Å². The molecule has 0 bridgehead atoms. The number of hydrogen-bond donors (Lipinski definition) is 2. The van der Waals surface area contributed by atoms with Crippen molar-refractivity contribution < 1.29 is 14.6 Å². The number of aliphatic hydroxyl groups is 2. The predicted molar refractivity (Wildman–Crippen MR) is 77.0 cm³/mol. The molecule has 0 aliphatic carbocycles. The molecule has 1 heterocycles. The molecule has 3 nitrogen and oxygen atoms in total. The van der Waals surface area contributed by atoms with Crippen molar-refractivity contribution in [2.75, 3.05) is 26.3 Å². The molecule has 1 saturated heterocycles. The van der Waals surface area contributed by atoms with E-state index < -0.39 is 0 Å². The number of aliphatic hydroxyl groups excluding tert-OH is 2. The lowest BCUT2D eigenvalue weighted by atomic mass is 9.91. The van der Waals surface area contributed by atoms with Crippen molar-refractivity contribution >= 4 is 0 Å². The molecule has 1 aromatic carbocycles. The van der Waals surface area contributed by atoms with Gasteiger partial charge < -0.3 is 10.2 Å². The summed E-state index contributed by atoms with van der Waals surface area (Å²) in [4.78, 5) is 2.16. The number of benzene rings is 1. The largest absolute Gasteiger partial charge is 0.395 e. The summed E-state index contributed by atoms with van der Waals surface area (Å²) in [6.07, 6.45) is 3.95. The summed E-state index contributed by atoms with van der Waals surface area (Å²) < 4.78 is 13.6. The zero-order valence-electron chi connectivity index (χ0n) is 11.8. The first-order valence-corrected chi connectivity index (χ1v) is 7.43. The SMILES string of the molecule is OCC(CO)N1CCC[C@@H](CCc2ccccc2F)C1. The minimum absolute atomic E-state index is 0.00344. The van der Waals surface area contributed by atoms with Crippen LogP contribution in [0.2, 0.25) is 0 Å². The zero-order valence-corrected chi connectivity index (χ0v) is 11.8. The lowest BCUT2D eigenvalue weighted by Crippen LogP contribution is -2.46. The van der Waals surface area contributed by atoms with Gasteiger partial charge in [0, 0.05) is 6.54 Å². The van der Waals surface area contributed by atoms with E-state index in [2.05, 4.69) is 4.90 Å². The van der Waals surface area contributed by atoms with Crippen molar-refractivity contribution in [2.45, 2.75) is 31.7 Å². The molecule has 20 heavy (non-hydrogen) atoms. The van der Waals surface area contributed by atoms with E-state index in [-0.39, 0.29) is 25.1 Å². The number of hydrogen-bond acceptors (Lipinski definition) is 3. The van der Waals surface area contributed by atoms with E-state index in [1.54, 1.807) is 6.07 Å². The molecule has 1 aromatic rings. The Morgan fingerprint density at radius 1 is 1.25 bits per heavy atom. The van der Waals surface area contributed by atoms with Crippen LogP contribution in [0.4, 0.5) is 4.39 Å². The Hall–Kier alpha value is -0.970. The Balaban J connectivity index is 1.85. The van der Waals surface area contributed by atoms with Crippen LogP contribution in [-0.2, 0) is 6.42 Å². The first-order chi connectivity index (χ1) is 9.74. The van der Waals surface area contributed by atoms with E-state index in [4.69, 9.17) is 0 Å². The van der Waals surface area contributed by atoms with Gasteiger partial charge in [-0.15, -0.1) is 0 Å². The molecule has 2 N–H and O–H groups in total. The normalized spacial score (nSPS) is 20.5. The Bertz CT molecular complexity index is 409. The molecule has 1 aliphatic rings. The summed E-state index contributed by atoms with van der Waals surface area (Å²) >= 11 is 0. The maximum atomic E-state index is 13.6. The highest BCUT2D eigenvalue weighted by atomic mass is 19.1. The van der Waals surface area contributed by atoms with Gasteiger partial charge in [0.15, 0.2) is 0 Å². The molecule has 0 amide bonds. The standard InChI is InChI=1S/C16H24FNO2/c17-16-6-2-1-5-14(16)8-7-13-4-3-9-18(10-13)15(11-19)12-20/h1-2,5-6,13,15,19-20H,3-4,7-12H2/t13-/m0/s1. The molecular weight excluding hydrogens is 257 g/mol. The molecule has 0 aromatic heterocycles. The fourth-order valence-electron chi connectivity index (χ4n) is 3.01. The Morgan fingerprint density at radius 3 is 2.70 bits per heavy atom. The van der Waals surface area contributed by atoms with Crippen molar-refractivity contribution in [1.82, 2.24) is 4.90 Å². The van der Waals surface area contributed by atoms with Crippen molar-refractivity contribution in [3.05, 3.63) is 35.6 Å². The van der Waals surface area contributed by atoms with Crippen molar-refractivity contribution in [3.8, 4) is 0 Å². The second-order valence-electron chi connectivity index (χ2n) is 5.65. The maximum absolute atomic E-state index is 13.6. The predicted octanol–water partition coefficient (Wildman–Crippen LogP) is 1.82. The number of piperidine rings is 1. The number of aryl methyl sites for hydroxylation is 1. The molecule has 0 radical (unpaired) electrons. The first kappa shape index (κ1) is 15.4. The number of rotatable bonds is 6. The van der Waals surface area contributed by atoms with Gasteiger partial charge in [-0.1, -0.05) is 18.2 Å². The van der Waals surface area contributed by atoms with Crippen molar-refractivity contribution in [2.24, 2.45) is 5.92 Å². The minimum atomic E-state index is -0.147. The summed E-state index contributed by atoms with van der Waals surface area (Å²) in [5.74, 6) is 0.396. The molecule has 112 valence electrons. The zero-order chi connectivity index (χ0) is 14.4. The molecule has 0 spiro atoms. The van der Waals surface area contributed by atoms with Crippen LogP contribution >= 0.6 is 0 Å². The second kappa shape index (κ2) is 7.72. The van der Waals surface area contributed by atoms with Gasteiger partial charge >= 0.3 is 0 Å². The molecule has 1 fully saturated rings. The van der Waals surface area contributed by atoms with Crippen molar-refractivity contribution in [1.29, 1.82) is 0 Å². The summed E-state index contributed by atoms with van der Waals surface area (Å²) in [5.41, 5.74) is 0.783. The van der Waals surface area contributed by atoms with Crippen LogP contribution < -0.4 is 0 Å². The topological polar surface area (TPSA) is 43.7 Å². The summed E-state index contributed by atoms with van der Waals surface area (Å²) in [6, 6.07) is 6.80. The summed E-state index contributed by atoms with van der Waals surface area (Å²) in [5, 5.41) is 18.5. The van der Waals surface area contributed by atoms with Gasteiger partial charge in [0.25, 0.3) is 0 Å². The van der Waals surface area contributed by atoms with E-state index in [0.29, 0.717) is 5.92 Å². The quantitative estimate of drug-likeness (QED) is 0.836. The van der Waals surface area contributed by atoms with Gasteiger partial charge in [0.05, 0.1) is 19.3 Å². The minimum Gasteiger partial charge on any atom is -0.395 e. The molecule has 0 unspecified atom stereocenters. The average molecular weight is 281 g/mol. The Morgan fingerprint density at radius 2 is 2.00 bits per heavy atom. The lowest BCUT2D eigenvalue weighted by Gasteiger charge is -2.37. The monoisotopic (exact) mass is 281 g/mol. The van der Waals surface area contributed by atoms with Gasteiger partial charge in [0.2, 0.25) is 0 Å². The van der Waals surface area contributed by atoms with Crippen LogP contribution in [0.25, 0.3) is 0 Å². The smallest absolute Gasteiger partial charge is 0.126 e. The molecule has 1 atom stereocenters. The Labute approximate surface area is 120 Å². The summed E-state index contributed by atoms with van der Waals surface area (Å²) in [6.45, 7) is 1.81.